The summed E-state index contributed by atoms with van der Waals surface area (Å²) in [4.78, 5) is 40.4. The number of carbonyl (C=O) groups is 3. The van der Waals surface area contributed by atoms with E-state index >= 15 is 0 Å². The number of benzene rings is 1. The van der Waals surface area contributed by atoms with Crippen LogP contribution in [-0.2, 0) is 14.3 Å². The summed E-state index contributed by atoms with van der Waals surface area (Å²) >= 11 is 0. The lowest BCUT2D eigenvalue weighted by atomic mass is 9.95. The topological polar surface area (TPSA) is 128 Å². The average molecular weight is 369 g/mol. The normalized spacial score (nSPS) is 16.9. The van der Waals surface area contributed by atoms with Gasteiger partial charge in [0.2, 0.25) is 5.91 Å². The third kappa shape index (κ3) is 5.46. The number of aliphatic imine (C=N–C) groups is 1. The van der Waals surface area contributed by atoms with Gasteiger partial charge in [0.25, 0.3) is 5.91 Å². The van der Waals surface area contributed by atoms with E-state index in [1.54, 1.807) is 30.3 Å². The Morgan fingerprint density at radius 3 is 2.48 bits per heavy atom. The second kappa shape index (κ2) is 9.03. The van der Waals surface area contributed by atoms with Crippen molar-refractivity contribution in [3.63, 3.8) is 0 Å². The molecule has 1 heterocycles. The molecule has 1 fully saturated rings. The number of imide groups is 1. The Bertz CT molecular complexity index is 661. The second-order valence-corrected chi connectivity index (χ2v) is 5.49. The summed E-state index contributed by atoms with van der Waals surface area (Å²) in [5.74, 6) is -1.25. The summed E-state index contributed by atoms with van der Waals surface area (Å²) in [6.45, 7) is 1.26. The van der Waals surface area contributed by atoms with Crippen LogP contribution < -0.4 is 11.5 Å². The third-order valence-corrected chi connectivity index (χ3v) is 3.63. The number of guanidine groups is 1. The van der Waals surface area contributed by atoms with Gasteiger partial charge in [0.1, 0.15) is 0 Å². The summed E-state index contributed by atoms with van der Waals surface area (Å²) < 4.78 is 5.01. The van der Waals surface area contributed by atoms with Gasteiger partial charge >= 0.3 is 5.97 Å². The van der Waals surface area contributed by atoms with Gasteiger partial charge < -0.3 is 16.2 Å². The lowest BCUT2D eigenvalue weighted by Gasteiger charge is -2.39. The van der Waals surface area contributed by atoms with Gasteiger partial charge in [0, 0.05) is 31.4 Å². The molecule has 1 saturated heterocycles. The summed E-state index contributed by atoms with van der Waals surface area (Å²) in [7, 11) is 0. The van der Waals surface area contributed by atoms with Gasteiger partial charge in [-0.05, 0) is 18.6 Å². The molecule has 8 nitrogen and oxygen atoms in total. The fourth-order valence-electron chi connectivity index (χ4n) is 2.56. The Morgan fingerprint density at radius 2 is 1.96 bits per heavy atom. The summed E-state index contributed by atoms with van der Waals surface area (Å²) in [5.41, 5.74) is 11.1. The number of amides is 2. The van der Waals surface area contributed by atoms with Crippen LogP contribution in [0.1, 0.15) is 36.5 Å². The van der Waals surface area contributed by atoms with Gasteiger partial charge in [-0.1, -0.05) is 18.2 Å². The first-order chi connectivity index (χ1) is 11.4. The number of rotatable bonds is 6. The molecular formula is C16H21ClN4O4. The smallest absolute Gasteiger partial charge is 0.304 e. The van der Waals surface area contributed by atoms with Crippen molar-refractivity contribution >= 4 is 36.2 Å². The highest BCUT2D eigenvalue weighted by Crippen LogP contribution is 2.27. The van der Waals surface area contributed by atoms with Crippen LogP contribution in [0.25, 0.3) is 0 Å². The Hall–Kier alpha value is -2.61. The van der Waals surface area contributed by atoms with Crippen LogP contribution in [0.5, 0.6) is 0 Å². The predicted octanol–water partition coefficient (Wildman–Crippen LogP) is 0.792. The fraction of sp³-hybridized carbons (Fsp3) is 0.375. The van der Waals surface area contributed by atoms with Crippen LogP contribution in [0.15, 0.2) is 35.3 Å². The fourth-order valence-corrected chi connectivity index (χ4v) is 2.56. The van der Waals surface area contributed by atoms with Crippen molar-refractivity contribution in [3.05, 3.63) is 35.9 Å². The maximum atomic E-state index is 12.4. The van der Waals surface area contributed by atoms with E-state index < -0.39 is 12.2 Å². The van der Waals surface area contributed by atoms with Crippen molar-refractivity contribution in [2.24, 2.45) is 16.5 Å². The highest BCUT2D eigenvalue weighted by molar-refractivity contribution is 6.08. The number of carbonyl (C=O) groups excluding carboxylic acids is 3. The van der Waals surface area contributed by atoms with Crippen molar-refractivity contribution in [2.75, 3.05) is 0 Å². The van der Waals surface area contributed by atoms with Crippen LogP contribution in [0, 0.1) is 0 Å². The van der Waals surface area contributed by atoms with Crippen LogP contribution in [0.2, 0.25) is 0 Å². The van der Waals surface area contributed by atoms with Crippen LogP contribution in [-0.4, -0.2) is 40.9 Å². The van der Waals surface area contributed by atoms with Crippen LogP contribution in [0.3, 0.4) is 0 Å². The largest absolute Gasteiger partial charge is 0.440 e. The minimum atomic E-state index is -0.822. The van der Waals surface area contributed by atoms with Crippen molar-refractivity contribution < 1.29 is 19.1 Å². The minimum Gasteiger partial charge on any atom is -0.440 e. The maximum absolute atomic E-state index is 12.4. The molecule has 0 spiro atoms. The number of nitrogens with two attached hydrogens (primary N) is 2. The summed E-state index contributed by atoms with van der Waals surface area (Å²) in [6.07, 6.45) is 0.206. The first-order valence-corrected chi connectivity index (χ1v) is 7.56. The molecule has 0 saturated carbocycles. The molecule has 0 radical (unpaired) electrons. The molecule has 2 amide bonds. The molecule has 0 aromatic heterocycles. The summed E-state index contributed by atoms with van der Waals surface area (Å²) in [5, 5.41) is 0. The number of nitrogens with zero attached hydrogens (tertiary/aromatic N) is 2. The van der Waals surface area contributed by atoms with Crippen molar-refractivity contribution in [2.45, 2.75) is 38.5 Å². The zero-order valence-corrected chi connectivity index (χ0v) is 14.6. The maximum Gasteiger partial charge on any atom is 0.304 e. The van der Waals surface area contributed by atoms with Gasteiger partial charge in [0.05, 0.1) is 0 Å². The van der Waals surface area contributed by atoms with Crippen molar-refractivity contribution in [3.8, 4) is 0 Å². The third-order valence-electron chi connectivity index (χ3n) is 3.63. The highest BCUT2D eigenvalue weighted by atomic mass is 35.5. The minimum absolute atomic E-state index is 0. The molecule has 25 heavy (non-hydrogen) atoms. The molecule has 0 bridgehead atoms. The zero-order valence-electron chi connectivity index (χ0n) is 13.8. The molecule has 2 atom stereocenters. The van der Waals surface area contributed by atoms with E-state index in [9.17, 15) is 14.4 Å². The number of likely N-dealkylation sites (tertiary alicyclic amines) is 1. The van der Waals surface area contributed by atoms with E-state index in [0.717, 1.165) is 0 Å². The van der Waals surface area contributed by atoms with E-state index in [2.05, 4.69) is 4.99 Å². The number of ether oxygens (including phenoxy) is 1. The first-order valence-electron chi connectivity index (χ1n) is 7.56. The molecule has 1 aromatic rings. The van der Waals surface area contributed by atoms with Gasteiger partial charge in [0.15, 0.2) is 12.2 Å². The number of halogens is 1. The van der Waals surface area contributed by atoms with E-state index in [4.69, 9.17) is 16.2 Å². The van der Waals surface area contributed by atoms with Gasteiger partial charge in [-0.15, -0.1) is 12.4 Å². The Kier molecular flexibility index (Phi) is 7.38. The standard InChI is InChI=1S/C16H20N4O4.ClH/c1-10(21)24-13(19-16(17)18)8-7-12-9-14(22)20(12)15(23)11-5-3-2-4-6-11;/h2-6,12-13H,7-9H2,1H3,(H4,17,18,19);1H. The molecule has 136 valence electrons. The SMILES string of the molecule is CC(=O)OC(CCC1CC(=O)N1C(=O)c1ccccc1)N=C(N)N.Cl. The Labute approximate surface area is 151 Å². The molecule has 1 aliphatic heterocycles. The number of β-lactam (4-membered cyclic amide) rings is 1. The molecule has 2 unspecified atom stereocenters. The molecule has 2 rings (SSSR count). The Morgan fingerprint density at radius 1 is 1.32 bits per heavy atom. The quantitative estimate of drug-likeness (QED) is 0.251. The number of esters is 1. The number of hydrogen-bond acceptors (Lipinski definition) is 5. The average Bonchev–Trinajstić information content (AvgIpc) is 2.50. The van der Waals surface area contributed by atoms with Gasteiger partial charge in [-0.25, -0.2) is 4.99 Å². The van der Waals surface area contributed by atoms with Gasteiger partial charge in [-0.3, -0.25) is 19.3 Å². The highest BCUT2D eigenvalue weighted by Gasteiger charge is 2.41. The second-order valence-electron chi connectivity index (χ2n) is 5.49. The van der Waals surface area contributed by atoms with E-state index in [-0.39, 0.29) is 42.6 Å². The zero-order chi connectivity index (χ0) is 17.7. The van der Waals surface area contributed by atoms with Crippen LogP contribution in [0.4, 0.5) is 0 Å². The molecule has 9 heteroatoms. The number of hydrogen-bond donors (Lipinski definition) is 2. The Balaban J connectivity index is 0.00000312. The molecule has 1 aliphatic rings. The lowest BCUT2D eigenvalue weighted by Crippen LogP contribution is -2.55. The van der Waals surface area contributed by atoms with E-state index in [0.29, 0.717) is 18.4 Å². The first kappa shape index (κ1) is 20.4. The van der Waals surface area contributed by atoms with Gasteiger partial charge in [-0.2, -0.15) is 0 Å². The predicted molar refractivity (Wildman–Crippen MR) is 93.9 cm³/mol. The molecule has 4 N–H and O–H groups in total. The van der Waals surface area contributed by atoms with Crippen LogP contribution >= 0.6 is 12.4 Å². The lowest BCUT2D eigenvalue weighted by molar-refractivity contribution is -0.148. The van der Waals surface area contributed by atoms with E-state index in [1.807, 2.05) is 0 Å². The van der Waals surface area contributed by atoms with Crippen molar-refractivity contribution in [1.82, 2.24) is 4.90 Å². The van der Waals surface area contributed by atoms with E-state index in [1.165, 1.54) is 11.8 Å². The summed E-state index contributed by atoms with van der Waals surface area (Å²) in [6, 6.07) is 8.34. The molecule has 1 aromatic carbocycles. The van der Waals surface area contributed by atoms with Crippen molar-refractivity contribution in [1.29, 1.82) is 0 Å². The molecular weight excluding hydrogens is 348 g/mol. The molecule has 0 aliphatic carbocycles. The monoisotopic (exact) mass is 368 g/mol.